The molecule has 1 heterocycles. The number of nitrogens with zero attached hydrogens (tertiary/aromatic N) is 1. The van der Waals surface area contributed by atoms with Gasteiger partial charge in [-0.2, -0.15) is 0 Å². The van der Waals surface area contributed by atoms with Gasteiger partial charge < -0.3 is 20.5 Å². The Morgan fingerprint density at radius 2 is 2.10 bits per heavy atom. The van der Waals surface area contributed by atoms with Crippen LogP contribution in [0.3, 0.4) is 0 Å². The number of carbonyl (C=O) groups excluding carboxylic acids is 1. The Morgan fingerprint density at radius 3 is 2.80 bits per heavy atom. The molecule has 2 rings (SSSR count). The minimum absolute atomic E-state index is 0.0584. The van der Waals surface area contributed by atoms with Gasteiger partial charge in [-0.3, -0.25) is 9.69 Å². The van der Waals surface area contributed by atoms with E-state index in [9.17, 15) is 4.79 Å². The topological polar surface area (TPSA) is 76.8 Å². The van der Waals surface area contributed by atoms with Crippen LogP contribution in [0.5, 0.6) is 11.5 Å². The van der Waals surface area contributed by atoms with Crippen molar-refractivity contribution >= 4 is 11.6 Å². The first kappa shape index (κ1) is 14.6. The van der Waals surface area contributed by atoms with Crippen LogP contribution in [0, 0.1) is 0 Å². The van der Waals surface area contributed by atoms with E-state index in [0.717, 1.165) is 6.54 Å². The lowest BCUT2D eigenvalue weighted by molar-refractivity contribution is -0.117. The first-order chi connectivity index (χ1) is 9.72. The largest absolute Gasteiger partial charge is 0.486 e. The predicted molar refractivity (Wildman–Crippen MR) is 77.2 cm³/mol. The third-order valence-corrected chi connectivity index (χ3v) is 3.09. The fraction of sp³-hybridized carbons (Fsp3) is 0.500. The minimum atomic E-state index is -0.0584. The van der Waals surface area contributed by atoms with Gasteiger partial charge in [0.15, 0.2) is 11.5 Å². The normalized spacial score (nSPS) is 13.3. The lowest BCUT2D eigenvalue weighted by Crippen LogP contribution is -2.36. The number of nitrogens with one attached hydrogen (secondary N) is 1. The summed E-state index contributed by atoms with van der Waals surface area (Å²) in [4.78, 5) is 14.0. The Morgan fingerprint density at radius 1 is 1.35 bits per heavy atom. The Hall–Kier alpha value is -1.79. The SMILES string of the molecule is CCN(CCN)CC(=O)Nc1ccc2c(c1)OCCO2. The number of benzene rings is 1. The van der Waals surface area contributed by atoms with Crippen LogP contribution in [0.2, 0.25) is 0 Å². The lowest BCUT2D eigenvalue weighted by atomic mass is 10.2. The second-order valence-electron chi connectivity index (χ2n) is 4.56. The smallest absolute Gasteiger partial charge is 0.238 e. The number of hydrogen-bond acceptors (Lipinski definition) is 5. The Kier molecular flexibility index (Phi) is 5.20. The third kappa shape index (κ3) is 3.85. The van der Waals surface area contributed by atoms with Crippen molar-refractivity contribution in [2.75, 3.05) is 44.7 Å². The molecule has 0 spiro atoms. The number of carbonyl (C=O) groups is 1. The summed E-state index contributed by atoms with van der Waals surface area (Å²) in [6, 6.07) is 5.40. The standard InChI is InChI=1S/C14H21N3O3/c1-2-17(6-5-15)10-14(18)16-11-3-4-12-13(9-11)20-8-7-19-12/h3-4,9H,2,5-8,10,15H2,1H3,(H,16,18). The maximum absolute atomic E-state index is 12.0. The van der Waals surface area contributed by atoms with Crippen LogP contribution in [0.1, 0.15) is 6.92 Å². The van der Waals surface area contributed by atoms with Crippen molar-refractivity contribution < 1.29 is 14.3 Å². The van der Waals surface area contributed by atoms with Gasteiger partial charge in [0, 0.05) is 24.8 Å². The van der Waals surface area contributed by atoms with E-state index < -0.39 is 0 Å². The highest BCUT2D eigenvalue weighted by molar-refractivity contribution is 5.92. The Balaban J connectivity index is 1.94. The van der Waals surface area contributed by atoms with E-state index >= 15 is 0 Å². The molecular formula is C14H21N3O3. The molecule has 1 aromatic carbocycles. The molecule has 0 aliphatic carbocycles. The third-order valence-electron chi connectivity index (χ3n) is 3.09. The van der Waals surface area contributed by atoms with Gasteiger partial charge >= 0.3 is 0 Å². The molecule has 0 aromatic heterocycles. The van der Waals surface area contributed by atoms with Gasteiger partial charge in [-0.25, -0.2) is 0 Å². The average molecular weight is 279 g/mol. The fourth-order valence-corrected chi connectivity index (χ4v) is 2.06. The molecule has 0 fully saturated rings. The molecule has 0 saturated carbocycles. The van der Waals surface area contributed by atoms with E-state index in [-0.39, 0.29) is 5.91 Å². The van der Waals surface area contributed by atoms with Gasteiger partial charge in [-0.15, -0.1) is 0 Å². The van der Waals surface area contributed by atoms with E-state index in [1.54, 1.807) is 6.07 Å². The molecule has 110 valence electrons. The molecule has 3 N–H and O–H groups in total. The van der Waals surface area contributed by atoms with Crippen LogP contribution >= 0.6 is 0 Å². The van der Waals surface area contributed by atoms with Crippen LogP contribution in [-0.2, 0) is 4.79 Å². The molecule has 1 aliphatic rings. The molecular weight excluding hydrogens is 258 g/mol. The number of likely N-dealkylation sites (N-methyl/N-ethyl adjacent to an activating group) is 1. The van der Waals surface area contributed by atoms with Crippen molar-refractivity contribution in [2.45, 2.75) is 6.92 Å². The molecule has 1 aromatic rings. The van der Waals surface area contributed by atoms with Gasteiger partial charge in [0.1, 0.15) is 13.2 Å². The number of amides is 1. The number of ether oxygens (including phenoxy) is 2. The van der Waals surface area contributed by atoms with Crippen molar-refractivity contribution in [1.29, 1.82) is 0 Å². The monoisotopic (exact) mass is 279 g/mol. The summed E-state index contributed by atoms with van der Waals surface area (Å²) in [7, 11) is 0. The van der Waals surface area contributed by atoms with Crippen LogP contribution < -0.4 is 20.5 Å². The van der Waals surface area contributed by atoms with Crippen LogP contribution in [0.15, 0.2) is 18.2 Å². The summed E-state index contributed by atoms with van der Waals surface area (Å²) in [5.74, 6) is 1.33. The molecule has 1 aliphatic heterocycles. The number of nitrogens with two attached hydrogens (primary N) is 1. The van der Waals surface area contributed by atoms with E-state index in [4.69, 9.17) is 15.2 Å². The second kappa shape index (κ2) is 7.12. The van der Waals surface area contributed by atoms with E-state index in [1.165, 1.54) is 0 Å². The van der Waals surface area contributed by atoms with Gasteiger partial charge in [-0.1, -0.05) is 6.92 Å². The van der Waals surface area contributed by atoms with E-state index in [2.05, 4.69) is 5.32 Å². The van der Waals surface area contributed by atoms with Crippen molar-refractivity contribution in [3.8, 4) is 11.5 Å². The molecule has 6 nitrogen and oxygen atoms in total. The predicted octanol–water partition coefficient (Wildman–Crippen LogP) is 0.677. The van der Waals surface area contributed by atoms with Crippen LogP contribution in [0.25, 0.3) is 0 Å². The van der Waals surface area contributed by atoms with Crippen LogP contribution in [-0.4, -0.2) is 50.2 Å². The van der Waals surface area contributed by atoms with Crippen LogP contribution in [0.4, 0.5) is 5.69 Å². The lowest BCUT2D eigenvalue weighted by Gasteiger charge is -2.20. The van der Waals surface area contributed by atoms with Gasteiger partial charge in [0.25, 0.3) is 0 Å². The minimum Gasteiger partial charge on any atom is -0.486 e. The summed E-state index contributed by atoms with van der Waals surface area (Å²) in [5, 5.41) is 2.86. The van der Waals surface area contributed by atoms with Crippen molar-refractivity contribution in [3.05, 3.63) is 18.2 Å². The number of rotatable bonds is 6. The van der Waals surface area contributed by atoms with E-state index in [1.807, 2.05) is 24.0 Å². The highest BCUT2D eigenvalue weighted by Gasteiger charge is 2.13. The fourth-order valence-electron chi connectivity index (χ4n) is 2.06. The highest BCUT2D eigenvalue weighted by atomic mass is 16.6. The maximum Gasteiger partial charge on any atom is 0.238 e. The average Bonchev–Trinajstić information content (AvgIpc) is 2.46. The van der Waals surface area contributed by atoms with Gasteiger partial charge in [0.2, 0.25) is 5.91 Å². The zero-order valence-corrected chi connectivity index (χ0v) is 11.7. The van der Waals surface area contributed by atoms with Crippen molar-refractivity contribution in [2.24, 2.45) is 5.73 Å². The molecule has 0 unspecified atom stereocenters. The van der Waals surface area contributed by atoms with Gasteiger partial charge in [-0.05, 0) is 18.7 Å². The molecule has 0 bridgehead atoms. The Labute approximate surface area is 118 Å². The summed E-state index contributed by atoms with van der Waals surface area (Å²) in [5.41, 5.74) is 6.22. The summed E-state index contributed by atoms with van der Waals surface area (Å²) >= 11 is 0. The zero-order valence-electron chi connectivity index (χ0n) is 11.7. The summed E-state index contributed by atoms with van der Waals surface area (Å²) in [6.07, 6.45) is 0. The molecule has 0 saturated heterocycles. The Bertz CT molecular complexity index is 465. The summed E-state index contributed by atoms with van der Waals surface area (Å²) in [6.45, 7) is 5.49. The molecule has 20 heavy (non-hydrogen) atoms. The number of fused-ring (bicyclic) bond motifs is 1. The first-order valence-corrected chi connectivity index (χ1v) is 6.85. The maximum atomic E-state index is 12.0. The number of anilines is 1. The highest BCUT2D eigenvalue weighted by Crippen LogP contribution is 2.32. The zero-order chi connectivity index (χ0) is 14.4. The number of hydrogen-bond donors (Lipinski definition) is 2. The molecule has 0 radical (unpaired) electrons. The van der Waals surface area contributed by atoms with Crippen molar-refractivity contribution in [3.63, 3.8) is 0 Å². The van der Waals surface area contributed by atoms with Gasteiger partial charge in [0.05, 0.1) is 6.54 Å². The second-order valence-corrected chi connectivity index (χ2v) is 4.56. The molecule has 1 amide bonds. The van der Waals surface area contributed by atoms with Crippen molar-refractivity contribution in [1.82, 2.24) is 4.90 Å². The molecule has 6 heteroatoms. The first-order valence-electron chi connectivity index (χ1n) is 6.85. The quantitative estimate of drug-likeness (QED) is 0.800. The summed E-state index contributed by atoms with van der Waals surface area (Å²) < 4.78 is 10.9. The molecule has 0 atom stereocenters. The van der Waals surface area contributed by atoms with E-state index in [0.29, 0.717) is 50.0 Å².